The van der Waals surface area contributed by atoms with Crippen molar-refractivity contribution in [3.63, 3.8) is 0 Å². The number of aromatic nitrogens is 2. The van der Waals surface area contributed by atoms with Crippen molar-refractivity contribution in [2.45, 2.75) is 13.5 Å². The van der Waals surface area contributed by atoms with E-state index in [0.29, 0.717) is 41.2 Å². The second-order valence-corrected chi connectivity index (χ2v) is 6.75. The van der Waals surface area contributed by atoms with Crippen molar-refractivity contribution in [2.24, 2.45) is 5.10 Å². The fraction of sp³-hybridized carbons (Fsp3) is 0.125. The van der Waals surface area contributed by atoms with Gasteiger partial charge in [0.25, 0.3) is 5.56 Å². The number of hydrogen-bond donors (Lipinski definition) is 1. The maximum Gasteiger partial charge on any atom is 0.349 e. The smallest absolute Gasteiger partial charge is 0.349 e. The van der Waals surface area contributed by atoms with E-state index in [0.717, 1.165) is 10.2 Å². The van der Waals surface area contributed by atoms with E-state index in [1.54, 1.807) is 42.5 Å². The minimum Gasteiger partial charge on any atom is -0.490 e. The van der Waals surface area contributed by atoms with Crippen molar-refractivity contribution in [3.05, 3.63) is 105 Å². The Bertz CT molecular complexity index is 1340. The molecule has 0 saturated heterocycles. The summed E-state index contributed by atoms with van der Waals surface area (Å²) in [6.45, 7) is 2.76. The molecule has 0 fully saturated rings. The van der Waals surface area contributed by atoms with Gasteiger partial charge in [0.1, 0.15) is 6.61 Å². The largest absolute Gasteiger partial charge is 0.490 e. The Labute approximate surface area is 178 Å². The molecule has 0 aliphatic heterocycles. The molecule has 0 amide bonds. The highest BCUT2D eigenvalue weighted by Crippen LogP contribution is 2.28. The van der Waals surface area contributed by atoms with E-state index >= 15 is 0 Å². The van der Waals surface area contributed by atoms with E-state index < -0.39 is 11.2 Å². The molecule has 31 heavy (non-hydrogen) atoms. The molecule has 0 saturated carbocycles. The van der Waals surface area contributed by atoms with Crippen LogP contribution in [-0.4, -0.2) is 22.5 Å². The number of ether oxygens (including phenoxy) is 2. The zero-order valence-electron chi connectivity index (χ0n) is 16.9. The monoisotopic (exact) mass is 415 g/mol. The molecule has 0 radical (unpaired) electrons. The fourth-order valence-corrected chi connectivity index (χ4v) is 3.11. The molecule has 0 unspecified atom stereocenters. The van der Waals surface area contributed by atoms with E-state index in [1.165, 1.54) is 6.21 Å². The highest BCUT2D eigenvalue weighted by atomic mass is 16.5. The van der Waals surface area contributed by atoms with E-state index in [4.69, 9.17) is 9.47 Å². The number of rotatable bonds is 7. The normalized spacial score (nSPS) is 11.1. The van der Waals surface area contributed by atoms with Crippen LogP contribution in [0.5, 0.6) is 11.5 Å². The Kier molecular flexibility index (Phi) is 5.93. The minimum absolute atomic E-state index is 0.388. The van der Waals surface area contributed by atoms with Gasteiger partial charge in [0, 0.05) is 0 Å². The van der Waals surface area contributed by atoms with Crippen LogP contribution in [0.4, 0.5) is 0 Å². The van der Waals surface area contributed by atoms with Gasteiger partial charge in [-0.2, -0.15) is 5.10 Å². The number of aromatic amines is 1. The van der Waals surface area contributed by atoms with Gasteiger partial charge in [-0.3, -0.25) is 4.79 Å². The standard InChI is InChI=1S/C24H21N3O4/c1-2-30-22-14-18(12-13-21(22)31-16-17-8-4-3-5-9-17)15-25-27-23(28)19-10-6-7-11-20(19)26-24(27)29/h3-15H,2,16H2,1H3,(H,26,29). The van der Waals surface area contributed by atoms with Crippen molar-refractivity contribution in [1.29, 1.82) is 0 Å². The van der Waals surface area contributed by atoms with E-state index in [-0.39, 0.29) is 0 Å². The zero-order chi connectivity index (χ0) is 21.6. The van der Waals surface area contributed by atoms with Crippen LogP contribution < -0.4 is 20.7 Å². The Morgan fingerprint density at radius 1 is 0.935 bits per heavy atom. The van der Waals surface area contributed by atoms with Crippen molar-refractivity contribution in [2.75, 3.05) is 6.61 Å². The van der Waals surface area contributed by atoms with Crippen molar-refractivity contribution < 1.29 is 9.47 Å². The predicted octanol–water partition coefficient (Wildman–Crippen LogP) is 3.55. The molecule has 0 spiro atoms. The average Bonchev–Trinajstić information content (AvgIpc) is 2.79. The topological polar surface area (TPSA) is 85.7 Å². The van der Waals surface area contributed by atoms with Gasteiger partial charge >= 0.3 is 5.69 Å². The molecule has 4 rings (SSSR count). The molecule has 1 heterocycles. The SMILES string of the molecule is CCOc1cc(C=Nn2c(=O)[nH]c3ccccc3c2=O)ccc1OCc1ccccc1. The van der Waals surface area contributed by atoms with Crippen LogP contribution in [0.15, 0.2) is 87.5 Å². The molecule has 7 nitrogen and oxygen atoms in total. The number of hydrogen-bond acceptors (Lipinski definition) is 5. The molecular weight excluding hydrogens is 394 g/mol. The minimum atomic E-state index is -0.604. The Morgan fingerprint density at radius 3 is 2.52 bits per heavy atom. The highest BCUT2D eigenvalue weighted by molar-refractivity contribution is 5.81. The van der Waals surface area contributed by atoms with Gasteiger partial charge in [-0.05, 0) is 48.4 Å². The predicted molar refractivity (Wildman–Crippen MR) is 120 cm³/mol. The molecule has 156 valence electrons. The molecule has 0 aliphatic carbocycles. The maximum absolute atomic E-state index is 12.6. The second kappa shape index (κ2) is 9.13. The summed E-state index contributed by atoms with van der Waals surface area (Å²) >= 11 is 0. The van der Waals surface area contributed by atoms with Gasteiger partial charge in [-0.15, -0.1) is 4.68 Å². The molecule has 1 N–H and O–H groups in total. The average molecular weight is 415 g/mol. The van der Waals surface area contributed by atoms with Crippen LogP contribution in [-0.2, 0) is 6.61 Å². The third-order valence-corrected chi connectivity index (χ3v) is 4.61. The molecular formula is C24H21N3O4. The van der Waals surface area contributed by atoms with Crippen LogP contribution in [0, 0.1) is 0 Å². The number of fused-ring (bicyclic) bond motifs is 1. The summed E-state index contributed by atoms with van der Waals surface area (Å²) in [6.07, 6.45) is 1.44. The highest BCUT2D eigenvalue weighted by Gasteiger charge is 2.08. The summed E-state index contributed by atoms with van der Waals surface area (Å²) in [5, 5.41) is 4.48. The van der Waals surface area contributed by atoms with E-state index in [1.807, 2.05) is 37.3 Å². The van der Waals surface area contributed by atoms with Gasteiger partial charge < -0.3 is 14.5 Å². The van der Waals surface area contributed by atoms with E-state index in [2.05, 4.69) is 10.1 Å². The van der Waals surface area contributed by atoms with Gasteiger partial charge in [-0.1, -0.05) is 42.5 Å². The first kappa shape index (κ1) is 20.2. The number of nitrogens with one attached hydrogen (secondary N) is 1. The summed E-state index contributed by atoms with van der Waals surface area (Å²) in [5.74, 6) is 1.16. The fourth-order valence-electron chi connectivity index (χ4n) is 3.11. The number of H-pyrrole nitrogens is 1. The van der Waals surface area contributed by atoms with Crippen LogP contribution in [0.3, 0.4) is 0 Å². The van der Waals surface area contributed by atoms with Gasteiger partial charge in [0.05, 0.1) is 23.7 Å². The molecule has 0 aliphatic rings. The first-order valence-corrected chi connectivity index (χ1v) is 9.87. The molecule has 7 heteroatoms. The molecule has 0 atom stereocenters. The zero-order valence-corrected chi connectivity index (χ0v) is 16.9. The van der Waals surface area contributed by atoms with Crippen molar-refractivity contribution in [1.82, 2.24) is 9.66 Å². The van der Waals surface area contributed by atoms with Crippen molar-refractivity contribution in [3.8, 4) is 11.5 Å². The van der Waals surface area contributed by atoms with Crippen LogP contribution in [0.25, 0.3) is 10.9 Å². The van der Waals surface area contributed by atoms with Crippen LogP contribution in [0.2, 0.25) is 0 Å². The summed E-state index contributed by atoms with van der Waals surface area (Å²) in [5.41, 5.74) is 1.10. The Balaban J connectivity index is 1.61. The number of para-hydroxylation sites is 1. The summed E-state index contributed by atoms with van der Waals surface area (Å²) in [7, 11) is 0. The van der Waals surface area contributed by atoms with Crippen LogP contribution in [0.1, 0.15) is 18.1 Å². The number of benzene rings is 3. The first-order chi connectivity index (χ1) is 15.2. The quantitative estimate of drug-likeness (QED) is 0.468. The molecule has 0 bridgehead atoms. The molecule has 3 aromatic carbocycles. The number of nitrogens with zero attached hydrogens (tertiary/aromatic N) is 2. The van der Waals surface area contributed by atoms with E-state index in [9.17, 15) is 9.59 Å². The molecule has 4 aromatic rings. The third kappa shape index (κ3) is 4.56. The second-order valence-electron chi connectivity index (χ2n) is 6.75. The summed E-state index contributed by atoms with van der Waals surface area (Å²) in [6, 6.07) is 22.0. The van der Waals surface area contributed by atoms with Crippen LogP contribution >= 0.6 is 0 Å². The lowest BCUT2D eigenvalue weighted by atomic mass is 10.2. The summed E-state index contributed by atoms with van der Waals surface area (Å²) < 4.78 is 12.4. The maximum atomic E-state index is 12.6. The lowest BCUT2D eigenvalue weighted by molar-refractivity contribution is 0.269. The Hall–Kier alpha value is -4.13. The van der Waals surface area contributed by atoms with Gasteiger partial charge in [0.15, 0.2) is 11.5 Å². The lowest BCUT2D eigenvalue weighted by Gasteiger charge is -2.12. The molecule has 1 aromatic heterocycles. The first-order valence-electron chi connectivity index (χ1n) is 9.87. The van der Waals surface area contributed by atoms with Gasteiger partial charge in [-0.25, -0.2) is 4.79 Å². The van der Waals surface area contributed by atoms with Crippen molar-refractivity contribution >= 4 is 17.1 Å². The third-order valence-electron chi connectivity index (χ3n) is 4.61. The Morgan fingerprint density at radius 2 is 1.71 bits per heavy atom. The van der Waals surface area contributed by atoms with Gasteiger partial charge in [0.2, 0.25) is 0 Å². The lowest BCUT2D eigenvalue weighted by Crippen LogP contribution is -2.32. The summed E-state index contributed by atoms with van der Waals surface area (Å²) in [4.78, 5) is 27.5.